The molecule has 5 heteroatoms. The summed E-state index contributed by atoms with van der Waals surface area (Å²) in [4.78, 5) is 25.6. The highest BCUT2D eigenvalue weighted by Gasteiger charge is 2.46. The molecule has 3 aromatic rings. The Morgan fingerprint density at radius 2 is 0.931 bits per heavy atom. The molecular weight excluding hydrogens is 445 g/mol. The van der Waals surface area contributed by atoms with Crippen molar-refractivity contribution in [1.29, 1.82) is 0 Å². The smallest absolute Gasteiger partial charge is 0.253 e. The Morgan fingerprint density at radius 1 is 0.586 bits per heavy atom. The summed E-state index contributed by atoms with van der Waals surface area (Å²) in [5, 5.41) is 3.75. The van der Waals surface area contributed by atoms with E-state index in [4.69, 9.17) is 0 Å². The van der Waals surface area contributed by atoms with Crippen LogP contribution >= 0.6 is 7.26 Å². The van der Waals surface area contributed by atoms with Gasteiger partial charge in [0.15, 0.2) is 0 Å². The molecule has 29 heavy (non-hydrogen) atoms. The van der Waals surface area contributed by atoms with Gasteiger partial charge in [0.2, 0.25) is 0 Å². The van der Waals surface area contributed by atoms with Gasteiger partial charge in [0.25, 0.3) is 11.8 Å². The van der Waals surface area contributed by atoms with Gasteiger partial charge in [0, 0.05) is 12.2 Å². The van der Waals surface area contributed by atoms with Crippen molar-refractivity contribution in [2.45, 2.75) is 0 Å². The number of rotatable bonds is 6. The summed E-state index contributed by atoms with van der Waals surface area (Å²) in [6.07, 6.45) is 3.43. The van der Waals surface area contributed by atoms with E-state index in [0.717, 1.165) is 0 Å². The molecule has 0 N–H and O–H groups in total. The molecular formula is C24H21BrNO2P. The Kier molecular flexibility index (Phi) is 6.79. The third-order valence-electron chi connectivity index (χ3n) is 5.15. The molecule has 4 rings (SSSR count). The van der Waals surface area contributed by atoms with Crippen molar-refractivity contribution in [3.05, 3.63) is 103 Å². The lowest BCUT2D eigenvalue weighted by atomic mass is 10.4. The summed E-state index contributed by atoms with van der Waals surface area (Å²) < 4.78 is 0. The quantitative estimate of drug-likeness (QED) is 0.377. The molecule has 0 aliphatic carbocycles. The largest absolute Gasteiger partial charge is 1.00 e. The maximum Gasteiger partial charge on any atom is 0.253 e. The molecule has 1 aliphatic heterocycles. The van der Waals surface area contributed by atoms with E-state index in [-0.39, 0.29) is 28.8 Å². The Morgan fingerprint density at radius 3 is 1.28 bits per heavy atom. The van der Waals surface area contributed by atoms with E-state index >= 15 is 0 Å². The van der Waals surface area contributed by atoms with E-state index in [1.165, 1.54) is 33.0 Å². The first-order chi connectivity index (χ1) is 13.7. The van der Waals surface area contributed by atoms with Crippen LogP contribution < -0.4 is 32.9 Å². The molecule has 1 aliphatic rings. The van der Waals surface area contributed by atoms with Crippen LogP contribution in [-0.4, -0.2) is 29.4 Å². The second kappa shape index (κ2) is 9.30. The minimum Gasteiger partial charge on any atom is -1.00 e. The van der Waals surface area contributed by atoms with Gasteiger partial charge in [-0.3, -0.25) is 14.5 Å². The molecule has 1 heterocycles. The maximum absolute atomic E-state index is 12.1. The van der Waals surface area contributed by atoms with E-state index in [0.29, 0.717) is 12.7 Å². The lowest BCUT2D eigenvalue weighted by Gasteiger charge is -2.29. The van der Waals surface area contributed by atoms with E-state index in [1.54, 1.807) is 0 Å². The topological polar surface area (TPSA) is 37.4 Å². The predicted molar refractivity (Wildman–Crippen MR) is 116 cm³/mol. The highest BCUT2D eigenvalue weighted by atomic mass is 79.9. The molecule has 2 amide bonds. The van der Waals surface area contributed by atoms with Crippen molar-refractivity contribution >= 4 is 35.0 Å². The number of nitrogens with zero attached hydrogens (tertiary/aromatic N) is 1. The van der Waals surface area contributed by atoms with Gasteiger partial charge >= 0.3 is 0 Å². The summed E-state index contributed by atoms with van der Waals surface area (Å²) in [5.74, 6) is -0.449. The molecule has 3 aromatic carbocycles. The fourth-order valence-corrected chi connectivity index (χ4v) is 8.00. The average Bonchev–Trinajstić information content (AvgIpc) is 3.08. The van der Waals surface area contributed by atoms with Gasteiger partial charge in [-0.1, -0.05) is 54.6 Å². The molecule has 0 bridgehead atoms. The first kappa shape index (κ1) is 21.2. The predicted octanol–water partition coefficient (Wildman–Crippen LogP) is -0.0905. The molecule has 146 valence electrons. The Bertz CT molecular complexity index is 892. The number of amides is 2. The number of hydrogen-bond acceptors (Lipinski definition) is 2. The second-order valence-electron chi connectivity index (χ2n) is 6.70. The third kappa shape index (κ3) is 4.10. The number of carbonyl (C=O) groups excluding carboxylic acids is 2. The normalized spacial score (nSPS) is 13.4. The first-order valence-electron chi connectivity index (χ1n) is 9.30. The van der Waals surface area contributed by atoms with Crippen LogP contribution in [0.1, 0.15) is 0 Å². The monoisotopic (exact) mass is 465 g/mol. The molecule has 0 unspecified atom stereocenters. The molecule has 0 aromatic heterocycles. The average molecular weight is 466 g/mol. The van der Waals surface area contributed by atoms with E-state index < -0.39 is 7.26 Å². The van der Waals surface area contributed by atoms with Gasteiger partial charge in [0.1, 0.15) is 23.2 Å². The molecule has 0 saturated carbocycles. The summed E-state index contributed by atoms with van der Waals surface area (Å²) in [5.41, 5.74) is 0. The molecule has 0 spiro atoms. The minimum atomic E-state index is -2.03. The third-order valence-corrected chi connectivity index (χ3v) is 9.56. The highest BCUT2D eigenvalue weighted by molar-refractivity contribution is 7.95. The van der Waals surface area contributed by atoms with Crippen LogP contribution in [0, 0.1) is 0 Å². The summed E-state index contributed by atoms with van der Waals surface area (Å²) in [7, 11) is -2.03. The number of benzene rings is 3. The Hall–Kier alpha value is -2.55. The number of imide groups is 1. The van der Waals surface area contributed by atoms with Crippen molar-refractivity contribution < 1.29 is 26.6 Å². The van der Waals surface area contributed by atoms with Crippen molar-refractivity contribution in [3.8, 4) is 0 Å². The fourth-order valence-electron chi connectivity index (χ4n) is 3.78. The molecule has 0 atom stereocenters. The zero-order valence-corrected chi connectivity index (χ0v) is 18.3. The fraction of sp³-hybridized carbons (Fsp3) is 0.0833. The standard InChI is InChI=1S/C24H21NO2P.BrH/c26-23-16-17-24(27)25(23)18-19-28(20-10-4-1-5-11-20,21-12-6-2-7-13-21)22-14-8-3-9-15-22;/h1-17H,18-19H2;1H/q+1;/p-1. The lowest BCUT2D eigenvalue weighted by molar-refractivity contribution is -0.136. The summed E-state index contributed by atoms with van der Waals surface area (Å²) in [6, 6.07) is 31.4. The lowest BCUT2D eigenvalue weighted by Crippen LogP contribution is -3.00. The molecule has 0 fully saturated rings. The van der Waals surface area contributed by atoms with Crippen LogP contribution in [-0.2, 0) is 9.59 Å². The van der Waals surface area contributed by atoms with E-state index in [9.17, 15) is 9.59 Å². The van der Waals surface area contributed by atoms with Gasteiger partial charge in [-0.2, -0.15) is 0 Å². The van der Waals surface area contributed by atoms with Gasteiger partial charge in [0.05, 0.1) is 12.7 Å². The summed E-state index contributed by atoms with van der Waals surface area (Å²) >= 11 is 0. The van der Waals surface area contributed by atoms with Crippen LogP contribution in [0.4, 0.5) is 0 Å². The zero-order valence-electron chi connectivity index (χ0n) is 15.8. The minimum absolute atomic E-state index is 0. The number of hydrogen-bond donors (Lipinski definition) is 0. The van der Waals surface area contributed by atoms with Gasteiger partial charge in [-0.05, 0) is 36.4 Å². The Balaban J connectivity index is 0.00000240. The van der Waals surface area contributed by atoms with E-state index in [2.05, 4.69) is 72.8 Å². The number of halogens is 1. The molecule has 3 nitrogen and oxygen atoms in total. The van der Waals surface area contributed by atoms with Crippen LogP contribution in [0.25, 0.3) is 0 Å². The van der Waals surface area contributed by atoms with Crippen molar-refractivity contribution in [2.24, 2.45) is 0 Å². The van der Waals surface area contributed by atoms with Gasteiger partial charge < -0.3 is 17.0 Å². The second-order valence-corrected chi connectivity index (χ2v) is 10.3. The summed E-state index contributed by atoms with van der Waals surface area (Å²) in [6.45, 7) is 0.400. The SMILES string of the molecule is O=C1C=CC(=O)N1CC[P+](c1ccccc1)(c1ccccc1)c1ccccc1.[Br-]. The highest BCUT2D eigenvalue weighted by Crippen LogP contribution is 2.55. The molecule has 0 radical (unpaired) electrons. The van der Waals surface area contributed by atoms with Crippen molar-refractivity contribution in [2.75, 3.05) is 12.7 Å². The van der Waals surface area contributed by atoms with Crippen molar-refractivity contribution in [3.63, 3.8) is 0 Å². The van der Waals surface area contributed by atoms with Gasteiger partial charge in [-0.25, -0.2) is 0 Å². The first-order valence-corrected chi connectivity index (χ1v) is 11.3. The van der Waals surface area contributed by atoms with Crippen LogP contribution in [0.2, 0.25) is 0 Å². The maximum atomic E-state index is 12.1. The van der Waals surface area contributed by atoms with Crippen LogP contribution in [0.5, 0.6) is 0 Å². The van der Waals surface area contributed by atoms with Crippen LogP contribution in [0.15, 0.2) is 103 Å². The van der Waals surface area contributed by atoms with E-state index in [1.807, 2.05) is 18.2 Å². The zero-order chi connectivity index (χ0) is 19.4. The van der Waals surface area contributed by atoms with Gasteiger partial charge in [-0.15, -0.1) is 0 Å². The number of carbonyl (C=O) groups is 2. The van der Waals surface area contributed by atoms with Crippen LogP contribution in [0.3, 0.4) is 0 Å². The Labute approximate surface area is 182 Å². The van der Waals surface area contributed by atoms with Crippen molar-refractivity contribution in [1.82, 2.24) is 4.90 Å². The molecule has 0 saturated heterocycles.